The SMILES string of the molecule is CC(C(=O)Nc1cccc(I)c1)C(N)c1ccccc1. The van der Waals surface area contributed by atoms with E-state index in [0.29, 0.717) is 0 Å². The summed E-state index contributed by atoms with van der Waals surface area (Å²) in [6.07, 6.45) is 0. The quantitative estimate of drug-likeness (QED) is 0.797. The number of nitrogens with two attached hydrogens (primary N) is 1. The van der Waals surface area contributed by atoms with E-state index in [1.54, 1.807) is 0 Å². The lowest BCUT2D eigenvalue weighted by Gasteiger charge is -2.19. The molecule has 0 aromatic heterocycles. The Labute approximate surface area is 132 Å². The molecule has 0 saturated heterocycles. The summed E-state index contributed by atoms with van der Waals surface area (Å²) in [5.41, 5.74) is 7.93. The molecule has 2 atom stereocenters. The molecule has 4 heteroatoms. The van der Waals surface area contributed by atoms with E-state index in [4.69, 9.17) is 5.73 Å². The molecule has 3 nitrogen and oxygen atoms in total. The molecule has 0 fully saturated rings. The van der Waals surface area contributed by atoms with Crippen molar-refractivity contribution in [2.24, 2.45) is 11.7 Å². The highest BCUT2D eigenvalue weighted by atomic mass is 127. The molecule has 0 heterocycles. The first-order chi connectivity index (χ1) is 9.58. The van der Waals surface area contributed by atoms with Crippen LogP contribution in [-0.2, 0) is 4.79 Å². The van der Waals surface area contributed by atoms with Crippen LogP contribution in [0.4, 0.5) is 5.69 Å². The fourth-order valence-corrected chi connectivity index (χ4v) is 2.49. The maximum Gasteiger partial charge on any atom is 0.229 e. The van der Waals surface area contributed by atoms with Crippen molar-refractivity contribution in [3.05, 3.63) is 63.7 Å². The summed E-state index contributed by atoms with van der Waals surface area (Å²) in [4.78, 5) is 12.2. The summed E-state index contributed by atoms with van der Waals surface area (Å²) in [5.74, 6) is -0.362. The van der Waals surface area contributed by atoms with Crippen molar-refractivity contribution < 1.29 is 4.79 Å². The molecule has 3 N–H and O–H groups in total. The minimum atomic E-state index is -0.306. The summed E-state index contributed by atoms with van der Waals surface area (Å²) in [6.45, 7) is 1.85. The molecule has 0 saturated carbocycles. The van der Waals surface area contributed by atoms with Gasteiger partial charge in [0.25, 0.3) is 0 Å². The average Bonchev–Trinajstić information content (AvgIpc) is 2.46. The van der Waals surface area contributed by atoms with Crippen LogP contribution in [0.5, 0.6) is 0 Å². The van der Waals surface area contributed by atoms with Gasteiger partial charge in [0.15, 0.2) is 0 Å². The molecule has 0 bridgehead atoms. The Kier molecular flexibility index (Phi) is 5.14. The fraction of sp³-hybridized carbons (Fsp3) is 0.188. The number of rotatable bonds is 4. The van der Waals surface area contributed by atoms with Crippen LogP contribution in [0.1, 0.15) is 18.5 Å². The van der Waals surface area contributed by atoms with Crippen molar-refractivity contribution in [1.29, 1.82) is 0 Å². The predicted octanol–water partition coefficient (Wildman–Crippen LogP) is 3.57. The van der Waals surface area contributed by atoms with Gasteiger partial charge < -0.3 is 11.1 Å². The molecule has 0 radical (unpaired) electrons. The molecule has 2 aromatic rings. The zero-order chi connectivity index (χ0) is 14.5. The van der Waals surface area contributed by atoms with Gasteiger partial charge in [-0.2, -0.15) is 0 Å². The van der Waals surface area contributed by atoms with Crippen molar-refractivity contribution in [2.75, 3.05) is 5.32 Å². The van der Waals surface area contributed by atoms with Crippen molar-refractivity contribution in [2.45, 2.75) is 13.0 Å². The first-order valence-corrected chi connectivity index (χ1v) is 7.53. The summed E-state index contributed by atoms with van der Waals surface area (Å²) in [6, 6.07) is 17.1. The van der Waals surface area contributed by atoms with E-state index in [0.717, 1.165) is 14.8 Å². The zero-order valence-electron chi connectivity index (χ0n) is 11.2. The van der Waals surface area contributed by atoms with Crippen LogP contribution < -0.4 is 11.1 Å². The van der Waals surface area contributed by atoms with Gasteiger partial charge in [0, 0.05) is 15.3 Å². The molecule has 0 aliphatic rings. The highest BCUT2D eigenvalue weighted by Gasteiger charge is 2.22. The number of anilines is 1. The Morgan fingerprint density at radius 2 is 1.85 bits per heavy atom. The Balaban J connectivity index is 2.05. The standard InChI is InChI=1S/C16H17IN2O/c1-11(15(18)12-6-3-2-4-7-12)16(20)19-14-9-5-8-13(17)10-14/h2-11,15H,18H2,1H3,(H,19,20). The van der Waals surface area contributed by atoms with E-state index in [9.17, 15) is 4.79 Å². The predicted molar refractivity (Wildman–Crippen MR) is 90.3 cm³/mol. The van der Waals surface area contributed by atoms with Crippen LogP contribution in [0.15, 0.2) is 54.6 Å². The smallest absolute Gasteiger partial charge is 0.229 e. The number of carbonyl (C=O) groups excluding carboxylic acids is 1. The van der Waals surface area contributed by atoms with Gasteiger partial charge in [-0.15, -0.1) is 0 Å². The summed E-state index contributed by atoms with van der Waals surface area (Å²) in [7, 11) is 0. The average molecular weight is 380 g/mol. The second kappa shape index (κ2) is 6.85. The highest BCUT2D eigenvalue weighted by molar-refractivity contribution is 14.1. The van der Waals surface area contributed by atoms with Crippen LogP contribution >= 0.6 is 22.6 Å². The number of halogens is 1. The van der Waals surface area contributed by atoms with Gasteiger partial charge in [-0.3, -0.25) is 4.79 Å². The molecule has 0 spiro atoms. The van der Waals surface area contributed by atoms with Crippen LogP contribution in [-0.4, -0.2) is 5.91 Å². The van der Waals surface area contributed by atoms with E-state index in [2.05, 4.69) is 27.9 Å². The first-order valence-electron chi connectivity index (χ1n) is 6.45. The van der Waals surface area contributed by atoms with Gasteiger partial charge in [-0.25, -0.2) is 0 Å². The largest absolute Gasteiger partial charge is 0.326 e. The van der Waals surface area contributed by atoms with Crippen LogP contribution in [0.2, 0.25) is 0 Å². The highest BCUT2D eigenvalue weighted by Crippen LogP contribution is 2.21. The maximum absolute atomic E-state index is 12.2. The van der Waals surface area contributed by atoms with E-state index < -0.39 is 0 Å². The van der Waals surface area contributed by atoms with Gasteiger partial charge in [0.1, 0.15) is 0 Å². The van der Waals surface area contributed by atoms with E-state index in [1.165, 1.54) is 0 Å². The third kappa shape index (κ3) is 3.80. The van der Waals surface area contributed by atoms with Crippen LogP contribution in [0.25, 0.3) is 0 Å². The molecule has 1 amide bonds. The summed E-state index contributed by atoms with van der Waals surface area (Å²) in [5, 5.41) is 2.91. The van der Waals surface area contributed by atoms with E-state index >= 15 is 0 Å². The lowest BCUT2D eigenvalue weighted by atomic mass is 9.94. The molecular formula is C16H17IN2O. The van der Waals surface area contributed by atoms with Crippen molar-refractivity contribution in [3.63, 3.8) is 0 Å². The van der Waals surface area contributed by atoms with E-state index in [1.807, 2.05) is 61.5 Å². The molecule has 0 aliphatic heterocycles. The fourth-order valence-electron chi connectivity index (χ4n) is 1.95. The van der Waals surface area contributed by atoms with Gasteiger partial charge in [-0.1, -0.05) is 43.3 Å². The molecule has 0 aliphatic carbocycles. The zero-order valence-corrected chi connectivity index (χ0v) is 13.4. The Hall–Kier alpha value is -1.40. The van der Waals surface area contributed by atoms with Gasteiger partial charge in [-0.05, 0) is 46.4 Å². The first kappa shape index (κ1) is 15.0. The maximum atomic E-state index is 12.2. The number of amides is 1. The van der Waals surface area contributed by atoms with E-state index in [-0.39, 0.29) is 17.9 Å². The summed E-state index contributed by atoms with van der Waals surface area (Å²) < 4.78 is 1.08. The molecule has 2 aromatic carbocycles. The van der Waals surface area contributed by atoms with Gasteiger partial charge >= 0.3 is 0 Å². The second-order valence-corrected chi connectivity index (χ2v) is 5.97. The normalized spacial score (nSPS) is 13.6. The van der Waals surface area contributed by atoms with Crippen molar-refractivity contribution in [1.82, 2.24) is 0 Å². The lowest BCUT2D eigenvalue weighted by Crippen LogP contribution is -2.30. The molecular weight excluding hydrogens is 363 g/mol. The minimum Gasteiger partial charge on any atom is -0.326 e. The third-order valence-electron chi connectivity index (χ3n) is 3.23. The molecule has 2 unspecified atom stereocenters. The van der Waals surface area contributed by atoms with Gasteiger partial charge in [0.2, 0.25) is 5.91 Å². The van der Waals surface area contributed by atoms with Crippen molar-refractivity contribution >= 4 is 34.2 Å². The molecule has 104 valence electrons. The topological polar surface area (TPSA) is 55.1 Å². The Morgan fingerprint density at radius 3 is 2.50 bits per heavy atom. The Bertz CT molecular complexity index is 586. The molecule has 20 heavy (non-hydrogen) atoms. The number of hydrogen-bond acceptors (Lipinski definition) is 2. The number of carbonyl (C=O) groups is 1. The van der Waals surface area contributed by atoms with Crippen LogP contribution in [0.3, 0.4) is 0 Å². The minimum absolute atomic E-state index is 0.0663. The number of nitrogens with one attached hydrogen (secondary N) is 1. The second-order valence-electron chi connectivity index (χ2n) is 4.72. The third-order valence-corrected chi connectivity index (χ3v) is 3.90. The van der Waals surface area contributed by atoms with Crippen molar-refractivity contribution in [3.8, 4) is 0 Å². The van der Waals surface area contributed by atoms with Gasteiger partial charge in [0.05, 0.1) is 5.92 Å². The van der Waals surface area contributed by atoms with Crippen LogP contribution in [0, 0.1) is 9.49 Å². The lowest BCUT2D eigenvalue weighted by molar-refractivity contribution is -0.120. The summed E-state index contributed by atoms with van der Waals surface area (Å²) >= 11 is 2.22. The Morgan fingerprint density at radius 1 is 1.15 bits per heavy atom. The molecule has 2 rings (SSSR count). The monoisotopic (exact) mass is 380 g/mol. The number of benzene rings is 2. The number of hydrogen-bond donors (Lipinski definition) is 2.